The van der Waals surface area contributed by atoms with E-state index in [2.05, 4.69) is 0 Å². The molecule has 25 heavy (non-hydrogen) atoms. The lowest BCUT2D eigenvalue weighted by Gasteiger charge is -2.30. The molecule has 2 aromatic carbocycles. The Bertz CT molecular complexity index is 732. The van der Waals surface area contributed by atoms with Gasteiger partial charge in [-0.05, 0) is 57.0 Å². The van der Waals surface area contributed by atoms with E-state index in [1.165, 1.54) is 12.1 Å². The molecule has 0 heterocycles. The Hall–Kier alpha value is -2.24. The molecule has 0 aliphatic heterocycles. The summed E-state index contributed by atoms with van der Waals surface area (Å²) < 4.78 is 11.3. The highest BCUT2D eigenvalue weighted by Crippen LogP contribution is 2.35. The van der Waals surface area contributed by atoms with Crippen molar-refractivity contribution in [2.24, 2.45) is 0 Å². The van der Waals surface area contributed by atoms with Crippen LogP contribution in [0.1, 0.15) is 30.5 Å². The lowest BCUT2D eigenvalue weighted by molar-refractivity contribution is -0.0766. The summed E-state index contributed by atoms with van der Waals surface area (Å²) in [5, 5.41) is 30.2. The van der Waals surface area contributed by atoms with Gasteiger partial charge in [0.25, 0.3) is 0 Å². The number of phenolic OH excluding ortho intramolecular Hbond substituents is 2. The minimum absolute atomic E-state index is 0.0774. The zero-order valence-electron chi connectivity index (χ0n) is 15.3. The van der Waals surface area contributed by atoms with Gasteiger partial charge in [0.1, 0.15) is 23.0 Å². The van der Waals surface area contributed by atoms with Crippen molar-refractivity contribution >= 4 is 0 Å². The topological polar surface area (TPSA) is 79.2 Å². The molecule has 0 amide bonds. The number of aromatic hydroxyl groups is 2. The van der Waals surface area contributed by atoms with Crippen LogP contribution in [-0.2, 0) is 11.2 Å². The van der Waals surface area contributed by atoms with Gasteiger partial charge >= 0.3 is 0 Å². The maximum absolute atomic E-state index is 10.5. The van der Waals surface area contributed by atoms with E-state index in [1.807, 2.05) is 27.7 Å². The Morgan fingerprint density at radius 3 is 2.24 bits per heavy atom. The molecule has 0 fully saturated rings. The van der Waals surface area contributed by atoms with E-state index in [9.17, 15) is 15.3 Å². The molecule has 0 saturated heterocycles. The fourth-order valence-electron chi connectivity index (χ4n) is 2.61. The van der Waals surface area contributed by atoms with Gasteiger partial charge in [-0.3, -0.25) is 0 Å². The van der Waals surface area contributed by atoms with Crippen LogP contribution >= 0.6 is 0 Å². The molecule has 2 rings (SSSR count). The van der Waals surface area contributed by atoms with Gasteiger partial charge in [0, 0.05) is 31.2 Å². The van der Waals surface area contributed by atoms with Crippen LogP contribution in [0.5, 0.6) is 23.0 Å². The average Bonchev–Trinajstić information content (AvgIpc) is 2.49. The maximum atomic E-state index is 10.5. The van der Waals surface area contributed by atoms with Crippen LogP contribution in [0.25, 0.3) is 0 Å². The molecular formula is C20H26O5. The van der Waals surface area contributed by atoms with Crippen LogP contribution in [0.3, 0.4) is 0 Å². The Labute approximate surface area is 148 Å². The zero-order valence-corrected chi connectivity index (χ0v) is 15.3. The van der Waals surface area contributed by atoms with Gasteiger partial charge in [0.05, 0.1) is 11.7 Å². The summed E-state index contributed by atoms with van der Waals surface area (Å²) in [5.41, 5.74) is 1.71. The number of methoxy groups -OCH3 is 1. The second kappa shape index (κ2) is 7.33. The molecule has 2 aromatic rings. The minimum atomic E-state index is -0.756. The molecule has 0 aromatic heterocycles. The highest BCUT2D eigenvalue weighted by atomic mass is 16.5. The molecule has 0 bridgehead atoms. The Morgan fingerprint density at radius 2 is 1.64 bits per heavy atom. The summed E-state index contributed by atoms with van der Waals surface area (Å²) in [5.74, 6) is 1.08. The number of aliphatic hydroxyl groups is 1. The summed E-state index contributed by atoms with van der Waals surface area (Å²) in [6.07, 6.45) is -0.450. The first-order chi connectivity index (χ1) is 11.6. The van der Waals surface area contributed by atoms with E-state index in [4.69, 9.17) is 9.47 Å². The third kappa shape index (κ3) is 4.65. The van der Waals surface area contributed by atoms with Crippen LogP contribution in [0.4, 0.5) is 0 Å². The van der Waals surface area contributed by atoms with E-state index in [0.29, 0.717) is 17.9 Å². The SMILES string of the molecule is COC(C)(C)[C@@H](O)Cc1c(C)cc(O)cc1Oc1cc(C)cc(O)c1. The number of phenols is 2. The number of ether oxygens (including phenoxy) is 2. The summed E-state index contributed by atoms with van der Waals surface area (Å²) in [6.45, 7) is 7.33. The number of hydrogen-bond donors (Lipinski definition) is 3. The summed E-state index contributed by atoms with van der Waals surface area (Å²) in [7, 11) is 1.56. The summed E-state index contributed by atoms with van der Waals surface area (Å²) in [6, 6.07) is 8.06. The smallest absolute Gasteiger partial charge is 0.134 e. The third-order valence-electron chi connectivity index (χ3n) is 4.41. The third-order valence-corrected chi connectivity index (χ3v) is 4.41. The van der Waals surface area contributed by atoms with E-state index < -0.39 is 11.7 Å². The molecule has 1 atom stereocenters. The van der Waals surface area contributed by atoms with Gasteiger partial charge in [0.15, 0.2) is 0 Å². The highest BCUT2D eigenvalue weighted by molar-refractivity contribution is 5.49. The zero-order chi connectivity index (χ0) is 18.8. The Kier molecular flexibility index (Phi) is 5.60. The van der Waals surface area contributed by atoms with Crippen molar-refractivity contribution in [1.29, 1.82) is 0 Å². The monoisotopic (exact) mass is 346 g/mol. The summed E-state index contributed by atoms with van der Waals surface area (Å²) >= 11 is 0. The molecule has 0 spiro atoms. The normalized spacial score (nSPS) is 12.9. The molecule has 0 saturated carbocycles. The van der Waals surface area contributed by atoms with Gasteiger partial charge < -0.3 is 24.8 Å². The highest BCUT2D eigenvalue weighted by Gasteiger charge is 2.29. The van der Waals surface area contributed by atoms with Crippen molar-refractivity contribution in [2.75, 3.05) is 7.11 Å². The number of aryl methyl sites for hydroxylation is 2. The molecule has 5 nitrogen and oxygen atoms in total. The molecule has 3 N–H and O–H groups in total. The first-order valence-electron chi connectivity index (χ1n) is 8.16. The van der Waals surface area contributed by atoms with Crippen LogP contribution in [-0.4, -0.2) is 34.1 Å². The van der Waals surface area contributed by atoms with Crippen molar-refractivity contribution < 1.29 is 24.8 Å². The van der Waals surface area contributed by atoms with Crippen LogP contribution < -0.4 is 4.74 Å². The quantitative estimate of drug-likeness (QED) is 0.741. The average molecular weight is 346 g/mol. The van der Waals surface area contributed by atoms with Crippen molar-refractivity contribution in [3.05, 3.63) is 47.0 Å². The standard InChI is InChI=1S/C20H26O5/c1-12-6-14(21)9-16(7-12)25-18-10-15(22)8-13(2)17(18)11-19(23)20(3,4)24-5/h6-10,19,21-23H,11H2,1-5H3/t19-/m0/s1. The molecule has 136 valence electrons. The van der Waals surface area contributed by atoms with E-state index >= 15 is 0 Å². The van der Waals surface area contributed by atoms with Crippen molar-refractivity contribution in [2.45, 2.75) is 45.8 Å². The second-order valence-electron chi connectivity index (χ2n) is 6.87. The van der Waals surface area contributed by atoms with Gasteiger partial charge in [-0.1, -0.05) is 0 Å². The number of benzene rings is 2. The molecular weight excluding hydrogens is 320 g/mol. The van der Waals surface area contributed by atoms with E-state index in [-0.39, 0.29) is 11.5 Å². The fraction of sp³-hybridized carbons (Fsp3) is 0.400. The number of hydrogen-bond acceptors (Lipinski definition) is 5. The van der Waals surface area contributed by atoms with E-state index in [0.717, 1.165) is 16.7 Å². The van der Waals surface area contributed by atoms with Gasteiger partial charge in [-0.15, -0.1) is 0 Å². The predicted molar refractivity (Wildman–Crippen MR) is 96.6 cm³/mol. The van der Waals surface area contributed by atoms with Crippen molar-refractivity contribution in [1.82, 2.24) is 0 Å². The van der Waals surface area contributed by atoms with Gasteiger partial charge in [-0.25, -0.2) is 0 Å². The second-order valence-corrected chi connectivity index (χ2v) is 6.87. The summed E-state index contributed by atoms with van der Waals surface area (Å²) in [4.78, 5) is 0. The fourth-order valence-corrected chi connectivity index (χ4v) is 2.61. The van der Waals surface area contributed by atoms with E-state index in [1.54, 1.807) is 25.3 Å². The maximum Gasteiger partial charge on any atom is 0.134 e. The lowest BCUT2D eigenvalue weighted by Crippen LogP contribution is -2.39. The first-order valence-corrected chi connectivity index (χ1v) is 8.16. The van der Waals surface area contributed by atoms with Crippen molar-refractivity contribution in [3.63, 3.8) is 0 Å². The molecule has 5 heteroatoms. The number of aliphatic hydroxyl groups excluding tert-OH is 1. The van der Waals surface area contributed by atoms with Crippen LogP contribution in [0.15, 0.2) is 30.3 Å². The van der Waals surface area contributed by atoms with Crippen LogP contribution in [0.2, 0.25) is 0 Å². The predicted octanol–water partition coefficient (Wildman–Crippen LogP) is 3.84. The first kappa shape index (κ1) is 19.1. The molecule has 0 unspecified atom stereocenters. The van der Waals surface area contributed by atoms with Crippen molar-refractivity contribution in [3.8, 4) is 23.0 Å². The molecule has 0 aliphatic carbocycles. The largest absolute Gasteiger partial charge is 0.508 e. The Balaban J connectivity index is 2.40. The molecule has 0 radical (unpaired) electrons. The number of rotatable bonds is 6. The Morgan fingerprint density at radius 1 is 1.00 bits per heavy atom. The molecule has 0 aliphatic rings. The van der Waals surface area contributed by atoms with Crippen LogP contribution in [0, 0.1) is 13.8 Å². The van der Waals surface area contributed by atoms with Gasteiger partial charge in [-0.2, -0.15) is 0 Å². The lowest BCUT2D eigenvalue weighted by atomic mass is 9.92. The minimum Gasteiger partial charge on any atom is -0.508 e. The van der Waals surface area contributed by atoms with Gasteiger partial charge in [0.2, 0.25) is 0 Å².